The normalized spacial score (nSPS) is 12.6. The molecule has 11 aromatic rings. The topological polar surface area (TPSA) is 43.6 Å². The minimum Gasteiger partial charge on any atom is -0.309 e. The molecule has 0 fully saturated rings. The highest BCUT2D eigenvalue weighted by Crippen LogP contribution is 2.41. The number of thiophene rings is 1. The van der Waals surface area contributed by atoms with Crippen LogP contribution < -0.4 is 0 Å². The zero-order chi connectivity index (χ0) is 40.5. The Balaban J connectivity index is 1.10. The lowest BCUT2D eigenvalue weighted by molar-refractivity contribution is 1.07. The maximum Gasteiger partial charge on any atom is 0.164 e. The van der Waals surface area contributed by atoms with Gasteiger partial charge in [0.15, 0.2) is 17.5 Å². The molecule has 0 bridgehead atoms. The quantitative estimate of drug-likeness (QED) is 0.171. The van der Waals surface area contributed by atoms with Gasteiger partial charge in [0.1, 0.15) is 0 Å². The van der Waals surface area contributed by atoms with Gasteiger partial charge in [-0.3, -0.25) is 0 Å². The van der Waals surface area contributed by atoms with Crippen LogP contribution in [0.25, 0.3) is 104 Å². The Morgan fingerprint density at radius 2 is 0.839 bits per heavy atom. The first-order valence-electron chi connectivity index (χ1n) is 20.4. The van der Waals surface area contributed by atoms with Gasteiger partial charge in [-0.1, -0.05) is 146 Å². The second-order valence-electron chi connectivity index (χ2n) is 13.7. The standard InChI is InChI=1S/C51H32N4S/c1-3-11-33(12-4-1)35-19-23-37(24-20-35)49-52-50(38-25-21-36(22-26-38)34-13-5-2-6-14-34)54-51(53-49)39-27-29-40(30-28-39)55-45-17-9-7-15-41(45)43-31-44-42-16-8-10-18-47(42)56-48(44)32-46(43)55/h1-32H/i27D,28D,29D,30D. The highest BCUT2D eigenvalue weighted by Gasteiger charge is 2.17. The van der Waals surface area contributed by atoms with Crippen LogP contribution in [-0.4, -0.2) is 19.5 Å². The third kappa shape index (κ3) is 5.56. The van der Waals surface area contributed by atoms with Crippen LogP contribution in [0, 0.1) is 0 Å². The van der Waals surface area contributed by atoms with E-state index >= 15 is 0 Å². The first kappa shape index (κ1) is 28.3. The number of nitrogens with zero attached hydrogens (tertiary/aromatic N) is 4. The van der Waals surface area contributed by atoms with Gasteiger partial charge in [-0.15, -0.1) is 11.3 Å². The summed E-state index contributed by atoms with van der Waals surface area (Å²) in [6.45, 7) is 0. The molecule has 0 spiro atoms. The molecule has 8 aromatic carbocycles. The fourth-order valence-electron chi connectivity index (χ4n) is 7.59. The smallest absolute Gasteiger partial charge is 0.164 e. The van der Waals surface area contributed by atoms with Crippen LogP contribution in [0.15, 0.2) is 194 Å². The van der Waals surface area contributed by atoms with Gasteiger partial charge in [0.25, 0.3) is 0 Å². The average Bonchev–Trinajstić information content (AvgIpc) is 3.83. The second-order valence-corrected chi connectivity index (χ2v) is 14.8. The molecule has 0 amide bonds. The van der Waals surface area contributed by atoms with Crippen molar-refractivity contribution in [2.24, 2.45) is 0 Å². The maximum absolute atomic E-state index is 9.57. The Morgan fingerprint density at radius 1 is 0.357 bits per heavy atom. The lowest BCUT2D eigenvalue weighted by Crippen LogP contribution is -2.00. The van der Waals surface area contributed by atoms with Crippen molar-refractivity contribution in [2.75, 3.05) is 0 Å². The van der Waals surface area contributed by atoms with Crippen molar-refractivity contribution in [3.63, 3.8) is 0 Å². The van der Waals surface area contributed by atoms with E-state index in [1.165, 1.54) is 10.1 Å². The van der Waals surface area contributed by atoms with Crippen LogP contribution in [0.2, 0.25) is 0 Å². The third-order valence-corrected chi connectivity index (χ3v) is 11.5. The van der Waals surface area contributed by atoms with E-state index in [1.54, 1.807) is 11.3 Å². The van der Waals surface area contributed by atoms with Gasteiger partial charge in [0.05, 0.1) is 16.5 Å². The summed E-state index contributed by atoms with van der Waals surface area (Å²) in [5.74, 6) is 0.780. The van der Waals surface area contributed by atoms with E-state index in [2.05, 4.69) is 54.6 Å². The van der Waals surface area contributed by atoms with Crippen LogP contribution in [0.1, 0.15) is 5.48 Å². The van der Waals surface area contributed by atoms with Crippen molar-refractivity contribution in [1.82, 2.24) is 19.5 Å². The number of fused-ring (bicyclic) bond motifs is 6. The molecule has 0 atom stereocenters. The highest BCUT2D eigenvalue weighted by atomic mass is 32.1. The highest BCUT2D eigenvalue weighted by molar-refractivity contribution is 7.25. The molecule has 11 rings (SSSR count). The summed E-state index contributed by atoms with van der Waals surface area (Å²) in [7, 11) is 0. The summed E-state index contributed by atoms with van der Waals surface area (Å²) in [6, 6.07) is 55.9. The van der Waals surface area contributed by atoms with E-state index in [9.17, 15) is 5.48 Å². The number of hydrogen-bond donors (Lipinski definition) is 0. The monoisotopic (exact) mass is 736 g/mol. The third-order valence-electron chi connectivity index (χ3n) is 10.4. The lowest BCUT2D eigenvalue weighted by atomic mass is 10.0. The summed E-state index contributed by atoms with van der Waals surface area (Å²) in [6.07, 6.45) is 0. The minimum absolute atomic E-state index is 0.00752. The molecule has 0 unspecified atom stereocenters. The first-order chi connectivity index (χ1) is 29.4. The molecule has 0 aliphatic carbocycles. The molecule has 262 valence electrons. The van der Waals surface area contributed by atoms with Gasteiger partial charge in [0, 0.05) is 53.3 Å². The maximum atomic E-state index is 9.57. The van der Waals surface area contributed by atoms with Crippen LogP contribution in [0.4, 0.5) is 0 Å². The summed E-state index contributed by atoms with van der Waals surface area (Å²) >= 11 is 1.70. The van der Waals surface area contributed by atoms with Crippen LogP contribution in [-0.2, 0) is 0 Å². The van der Waals surface area contributed by atoms with Crippen LogP contribution in [0.5, 0.6) is 0 Å². The van der Waals surface area contributed by atoms with Crippen molar-refractivity contribution < 1.29 is 5.48 Å². The molecular formula is C51H32N4S. The Morgan fingerprint density at radius 3 is 1.45 bits per heavy atom. The van der Waals surface area contributed by atoms with Crippen molar-refractivity contribution in [3.8, 4) is 62.1 Å². The molecule has 56 heavy (non-hydrogen) atoms. The van der Waals surface area contributed by atoms with Crippen molar-refractivity contribution in [2.45, 2.75) is 0 Å². The molecule has 4 nitrogen and oxygen atoms in total. The molecule has 0 saturated carbocycles. The van der Waals surface area contributed by atoms with Crippen molar-refractivity contribution in [3.05, 3.63) is 194 Å². The SMILES string of the molecule is [2H]c1c([2H])c(-n2c3ccccc3c3cc4c(cc32)sc2ccccc24)c([2H])c([2H])c1-c1nc(-c2ccc(-c3ccccc3)cc2)nc(-c2ccc(-c3ccccc3)cc2)n1. The summed E-state index contributed by atoms with van der Waals surface area (Å²) in [5.41, 5.74) is 7.49. The Bertz CT molecular complexity index is 3330. The van der Waals surface area contributed by atoms with E-state index in [0.717, 1.165) is 65.3 Å². The Hall–Kier alpha value is -7.21. The van der Waals surface area contributed by atoms with E-state index in [4.69, 9.17) is 15.0 Å². The zero-order valence-corrected chi connectivity index (χ0v) is 30.7. The van der Waals surface area contributed by atoms with Crippen LogP contribution >= 0.6 is 11.3 Å². The summed E-state index contributed by atoms with van der Waals surface area (Å²) in [5, 5.41) is 4.27. The number of benzene rings is 8. The van der Waals surface area contributed by atoms with Gasteiger partial charge in [0.2, 0.25) is 0 Å². The second kappa shape index (κ2) is 13.3. The molecule has 5 heteroatoms. The van der Waals surface area contributed by atoms with Crippen LogP contribution in [0.3, 0.4) is 0 Å². The predicted molar refractivity (Wildman–Crippen MR) is 234 cm³/mol. The minimum atomic E-state index is -0.234. The predicted octanol–water partition coefficient (Wildman–Crippen LogP) is 13.7. The Kier molecular flexibility index (Phi) is 6.70. The van der Waals surface area contributed by atoms with Gasteiger partial charge < -0.3 is 4.57 Å². The number of aromatic nitrogens is 4. The molecule has 0 saturated heterocycles. The lowest BCUT2D eigenvalue weighted by Gasteiger charge is -2.11. The van der Waals surface area contributed by atoms with Gasteiger partial charge >= 0.3 is 0 Å². The molecule has 0 N–H and O–H groups in total. The molecule has 0 aliphatic heterocycles. The molecule has 0 radical (unpaired) electrons. The number of rotatable bonds is 6. The van der Waals surface area contributed by atoms with E-state index in [0.29, 0.717) is 11.6 Å². The van der Waals surface area contributed by atoms with E-state index in [-0.39, 0.29) is 41.2 Å². The van der Waals surface area contributed by atoms with Gasteiger partial charge in [-0.2, -0.15) is 0 Å². The van der Waals surface area contributed by atoms with Gasteiger partial charge in [-0.25, -0.2) is 15.0 Å². The Labute approximate surface area is 333 Å². The largest absolute Gasteiger partial charge is 0.309 e. The van der Waals surface area contributed by atoms with Gasteiger partial charge in [-0.05, 0) is 70.7 Å². The number of hydrogen-bond acceptors (Lipinski definition) is 4. The fraction of sp³-hybridized carbons (Fsp3) is 0. The molecular weight excluding hydrogens is 701 g/mol. The first-order valence-corrected chi connectivity index (χ1v) is 19.3. The number of para-hydroxylation sites is 1. The molecule has 3 aromatic heterocycles. The molecule has 0 aliphatic rings. The average molecular weight is 737 g/mol. The fourth-order valence-corrected chi connectivity index (χ4v) is 8.71. The van der Waals surface area contributed by atoms with E-state index in [1.807, 2.05) is 120 Å². The summed E-state index contributed by atoms with van der Waals surface area (Å²) in [4.78, 5) is 14.7. The van der Waals surface area contributed by atoms with Crippen molar-refractivity contribution >= 4 is 53.3 Å². The summed E-state index contributed by atoms with van der Waals surface area (Å²) < 4.78 is 42.3. The van der Waals surface area contributed by atoms with Crippen molar-refractivity contribution in [1.29, 1.82) is 0 Å². The van der Waals surface area contributed by atoms with E-state index < -0.39 is 0 Å². The molecule has 3 heterocycles. The zero-order valence-electron chi connectivity index (χ0n) is 33.9.